The molecule has 194 valence electrons. The summed E-state index contributed by atoms with van der Waals surface area (Å²) in [4.78, 5) is 23.5. The van der Waals surface area contributed by atoms with E-state index >= 15 is 0 Å². The summed E-state index contributed by atoms with van der Waals surface area (Å²) in [6.45, 7) is 0.540. The minimum absolute atomic E-state index is 0.0670. The number of carbonyl (C=O) groups excluding carboxylic acids is 1. The van der Waals surface area contributed by atoms with Gasteiger partial charge in [0.15, 0.2) is 5.11 Å². The first-order valence-electron chi connectivity index (χ1n) is 12.1. The van der Waals surface area contributed by atoms with Gasteiger partial charge in [-0.1, -0.05) is 12.1 Å². The Bertz CT molecular complexity index is 1410. The van der Waals surface area contributed by atoms with E-state index in [0.717, 1.165) is 22.8 Å². The predicted molar refractivity (Wildman–Crippen MR) is 149 cm³/mol. The van der Waals surface area contributed by atoms with Crippen LogP contribution in [0.4, 0.5) is 11.4 Å². The van der Waals surface area contributed by atoms with Crippen molar-refractivity contribution in [2.75, 3.05) is 31.0 Å². The Balaban J connectivity index is 1.58. The van der Waals surface area contributed by atoms with Gasteiger partial charge in [0.1, 0.15) is 18.4 Å². The fourth-order valence-corrected chi connectivity index (χ4v) is 5.05. The quantitative estimate of drug-likeness (QED) is 0.314. The van der Waals surface area contributed by atoms with Gasteiger partial charge in [0.05, 0.1) is 36.8 Å². The van der Waals surface area contributed by atoms with Gasteiger partial charge in [-0.15, -0.1) is 0 Å². The van der Waals surface area contributed by atoms with Crippen molar-refractivity contribution in [2.45, 2.75) is 18.6 Å². The van der Waals surface area contributed by atoms with E-state index in [2.05, 4.69) is 36.1 Å². The number of nitrogens with one attached hydrogen (secondary N) is 2. The second-order valence-corrected chi connectivity index (χ2v) is 9.13. The molecule has 0 saturated carbocycles. The lowest BCUT2D eigenvalue weighted by atomic mass is 10.0. The number of amides is 1. The highest BCUT2D eigenvalue weighted by Crippen LogP contribution is 2.43. The number of aromatic nitrogens is 3. The third kappa shape index (κ3) is 5.22. The molecule has 1 aromatic carbocycles. The maximum absolute atomic E-state index is 12.3. The van der Waals surface area contributed by atoms with Crippen LogP contribution in [-0.4, -0.2) is 46.4 Å². The molecule has 10 heteroatoms. The predicted octanol–water partition coefficient (Wildman–Crippen LogP) is 4.10. The standard InChI is InChI=1S/C28H28N6O3S/c1-36-18-25(35)31-22-16-20(11-12-24(22)37-2)34-27(26(32-28(34)38)21-9-4-6-14-30-21)23-10-7-15-33(23)17-19-8-3-5-13-29-19/h3-16,26-27H,17-18H2,1-2H3,(H,31,35)(H,32,38)/t26-,27+/m1/s1. The summed E-state index contributed by atoms with van der Waals surface area (Å²) in [5, 5.41) is 6.91. The van der Waals surface area contributed by atoms with E-state index in [-0.39, 0.29) is 24.6 Å². The Morgan fingerprint density at radius 1 is 1.05 bits per heavy atom. The lowest BCUT2D eigenvalue weighted by Gasteiger charge is -2.29. The molecule has 0 unspecified atom stereocenters. The maximum Gasteiger partial charge on any atom is 0.250 e. The van der Waals surface area contributed by atoms with Crippen LogP contribution in [0.15, 0.2) is 85.3 Å². The molecule has 0 spiro atoms. The first kappa shape index (κ1) is 25.4. The number of methoxy groups -OCH3 is 2. The van der Waals surface area contributed by atoms with Crippen molar-refractivity contribution >= 4 is 34.6 Å². The molecule has 1 aliphatic heterocycles. The van der Waals surface area contributed by atoms with Gasteiger partial charge in [-0.3, -0.25) is 14.8 Å². The van der Waals surface area contributed by atoms with E-state index in [1.807, 2.05) is 66.9 Å². The molecule has 1 amide bonds. The highest BCUT2D eigenvalue weighted by Gasteiger charge is 2.42. The number of nitrogens with zero attached hydrogens (tertiary/aromatic N) is 4. The third-order valence-electron chi connectivity index (χ3n) is 6.34. The number of ether oxygens (including phenoxy) is 2. The number of hydrogen-bond acceptors (Lipinski definition) is 6. The Morgan fingerprint density at radius 2 is 1.87 bits per heavy atom. The zero-order valence-corrected chi connectivity index (χ0v) is 21.9. The van der Waals surface area contributed by atoms with E-state index in [1.165, 1.54) is 7.11 Å². The smallest absolute Gasteiger partial charge is 0.250 e. The SMILES string of the molecule is COCC(=O)Nc1cc(N2C(=S)N[C@H](c3ccccn3)[C@@H]2c2cccn2Cc2ccccn2)ccc1OC. The molecular weight excluding hydrogens is 500 g/mol. The number of carbonyl (C=O) groups is 1. The van der Waals surface area contributed by atoms with Crippen LogP contribution < -0.4 is 20.3 Å². The molecule has 1 saturated heterocycles. The molecular formula is C28H28N6O3S. The third-order valence-corrected chi connectivity index (χ3v) is 6.65. The van der Waals surface area contributed by atoms with Gasteiger partial charge >= 0.3 is 0 Å². The maximum atomic E-state index is 12.3. The summed E-state index contributed by atoms with van der Waals surface area (Å²) in [5.74, 6) is 0.254. The number of anilines is 2. The van der Waals surface area contributed by atoms with Gasteiger partial charge in [0.2, 0.25) is 5.91 Å². The van der Waals surface area contributed by atoms with E-state index in [1.54, 1.807) is 19.5 Å². The van der Waals surface area contributed by atoms with Crippen molar-refractivity contribution < 1.29 is 14.3 Å². The largest absolute Gasteiger partial charge is 0.495 e. The summed E-state index contributed by atoms with van der Waals surface area (Å²) in [6, 6.07) is 21.0. The average Bonchev–Trinajstić information content (AvgIpc) is 3.53. The van der Waals surface area contributed by atoms with Crippen molar-refractivity contribution in [3.8, 4) is 5.75 Å². The molecule has 1 aliphatic rings. The summed E-state index contributed by atoms with van der Waals surface area (Å²) < 4.78 is 12.7. The molecule has 4 heterocycles. The lowest BCUT2D eigenvalue weighted by Crippen LogP contribution is -2.30. The van der Waals surface area contributed by atoms with E-state index in [0.29, 0.717) is 23.1 Å². The normalized spacial score (nSPS) is 16.8. The van der Waals surface area contributed by atoms with Gasteiger partial charge in [0, 0.05) is 37.1 Å². The Hall–Kier alpha value is -4.28. The van der Waals surface area contributed by atoms with Crippen molar-refractivity contribution in [2.24, 2.45) is 0 Å². The minimum atomic E-state index is -0.280. The summed E-state index contributed by atoms with van der Waals surface area (Å²) >= 11 is 5.88. The summed E-state index contributed by atoms with van der Waals surface area (Å²) in [5.41, 5.74) is 4.19. The number of pyridine rings is 2. The molecule has 2 N–H and O–H groups in total. The number of hydrogen-bond donors (Lipinski definition) is 2. The van der Waals surface area contributed by atoms with Gasteiger partial charge in [-0.05, 0) is 66.8 Å². The van der Waals surface area contributed by atoms with Gasteiger partial charge in [0.25, 0.3) is 0 Å². The molecule has 3 aromatic heterocycles. The first-order valence-corrected chi connectivity index (χ1v) is 12.5. The highest BCUT2D eigenvalue weighted by molar-refractivity contribution is 7.80. The molecule has 5 rings (SSSR count). The number of benzene rings is 1. The minimum Gasteiger partial charge on any atom is -0.495 e. The zero-order valence-electron chi connectivity index (χ0n) is 21.1. The van der Waals surface area contributed by atoms with E-state index in [4.69, 9.17) is 21.7 Å². The van der Waals surface area contributed by atoms with Gasteiger partial charge < -0.3 is 29.6 Å². The molecule has 9 nitrogen and oxygen atoms in total. The number of thiocarbonyl (C=S) groups is 1. The molecule has 0 bridgehead atoms. The summed E-state index contributed by atoms with van der Waals surface area (Å²) in [6.07, 6.45) is 5.62. The molecule has 2 atom stereocenters. The van der Waals surface area contributed by atoms with Crippen LogP contribution in [0.5, 0.6) is 5.75 Å². The monoisotopic (exact) mass is 528 g/mol. The Kier molecular flexibility index (Phi) is 7.62. The van der Waals surface area contributed by atoms with Gasteiger partial charge in [-0.2, -0.15) is 0 Å². The molecule has 4 aromatic rings. The molecule has 1 fully saturated rings. The van der Waals surface area contributed by atoms with Crippen LogP contribution in [0.25, 0.3) is 0 Å². The second kappa shape index (κ2) is 11.4. The van der Waals surface area contributed by atoms with Crippen LogP contribution >= 0.6 is 12.2 Å². The fraction of sp³-hybridized carbons (Fsp3) is 0.214. The van der Waals surface area contributed by atoms with Crippen LogP contribution in [0.2, 0.25) is 0 Å². The van der Waals surface area contributed by atoms with Crippen LogP contribution in [0.3, 0.4) is 0 Å². The van der Waals surface area contributed by atoms with E-state index in [9.17, 15) is 4.79 Å². The van der Waals surface area contributed by atoms with Gasteiger partial charge in [-0.25, -0.2) is 0 Å². The van der Waals surface area contributed by atoms with Crippen molar-refractivity contribution in [3.63, 3.8) is 0 Å². The zero-order chi connectivity index (χ0) is 26.5. The highest BCUT2D eigenvalue weighted by atomic mass is 32.1. The van der Waals surface area contributed by atoms with Crippen molar-refractivity contribution in [1.82, 2.24) is 19.9 Å². The number of rotatable bonds is 9. The Morgan fingerprint density at radius 3 is 2.58 bits per heavy atom. The average molecular weight is 529 g/mol. The molecule has 0 radical (unpaired) electrons. The van der Waals surface area contributed by atoms with Crippen molar-refractivity contribution in [3.05, 3.63) is 102 Å². The van der Waals surface area contributed by atoms with Crippen molar-refractivity contribution in [1.29, 1.82) is 0 Å². The fourth-order valence-electron chi connectivity index (χ4n) is 4.70. The lowest BCUT2D eigenvalue weighted by molar-refractivity contribution is -0.119. The van der Waals surface area contributed by atoms with E-state index < -0.39 is 0 Å². The molecule has 0 aliphatic carbocycles. The first-order chi connectivity index (χ1) is 18.6. The molecule has 38 heavy (non-hydrogen) atoms. The van der Waals surface area contributed by atoms with Crippen LogP contribution in [-0.2, 0) is 16.1 Å². The Labute approximate surface area is 226 Å². The topological polar surface area (TPSA) is 93.5 Å². The van der Waals surface area contributed by atoms with Crippen LogP contribution in [0, 0.1) is 0 Å². The second-order valence-electron chi connectivity index (χ2n) is 8.74. The van der Waals surface area contributed by atoms with Crippen LogP contribution in [0.1, 0.15) is 29.2 Å². The summed E-state index contributed by atoms with van der Waals surface area (Å²) in [7, 11) is 3.04.